The van der Waals surface area contributed by atoms with Crippen molar-refractivity contribution in [3.8, 4) is 6.07 Å². The van der Waals surface area contributed by atoms with E-state index in [1.807, 2.05) is 4.90 Å². The quantitative estimate of drug-likeness (QED) is 0.891. The van der Waals surface area contributed by atoms with Crippen molar-refractivity contribution in [2.75, 3.05) is 18.0 Å². The summed E-state index contributed by atoms with van der Waals surface area (Å²) in [5.74, 6) is -0.794. The highest BCUT2D eigenvalue weighted by atomic mass is 35.5. The number of halogens is 1. The second-order valence-electron chi connectivity index (χ2n) is 4.81. The first-order valence-corrected chi connectivity index (χ1v) is 6.02. The molecule has 1 aromatic carbocycles. The summed E-state index contributed by atoms with van der Waals surface area (Å²) in [5, 5.41) is 18.8. The minimum Gasteiger partial charge on any atom is -0.481 e. The lowest BCUT2D eigenvalue weighted by atomic mass is 9.90. The van der Waals surface area contributed by atoms with Gasteiger partial charge in [-0.3, -0.25) is 4.79 Å². The van der Waals surface area contributed by atoms with Crippen molar-refractivity contribution in [2.45, 2.75) is 13.3 Å². The van der Waals surface area contributed by atoms with Crippen LogP contribution in [-0.4, -0.2) is 24.2 Å². The molecule has 0 amide bonds. The summed E-state index contributed by atoms with van der Waals surface area (Å²) in [6.07, 6.45) is 0.579. The number of hydrogen-bond donors (Lipinski definition) is 1. The first-order chi connectivity index (χ1) is 8.46. The number of aliphatic carboxylic acids is 1. The van der Waals surface area contributed by atoms with Crippen molar-refractivity contribution in [1.29, 1.82) is 5.26 Å². The van der Waals surface area contributed by atoms with E-state index in [9.17, 15) is 9.90 Å². The molecule has 18 heavy (non-hydrogen) atoms. The number of carboxylic acids is 1. The molecule has 2 rings (SSSR count). The fourth-order valence-electron chi connectivity index (χ4n) is 2.21. The highest BCUT2D eigenvalue weighted by Gasteiger charge is 2.40. The van der Waals surface area contributed by atoms with Gasteiger partial charge in [0, 0.05) is 18.1 Å². The lowest BCUT2D eigenvalue weighted by Gasteiger charge is -2.22. The third-order valence-corrected chi connectivity index (χ3v) is 3.64. The zero-order valence-corrected chi connectivity index (χ0v) is 10.7. The summed E-state index contributed by atoms with van der Waals surface area (Å²) in [6.45, 7) is 2.79. The molecule has 0 spiro atoms. The molecular weight excluding hydrogens is 252 g/mol. The Bertz CT molecular complexity index is 538. The molecule has 1 aromatic rings. The van der Waals surface area contributed by atoms with Crippen LogP contribution in [0.25, 0.3) is 0 Å². The van der Waals surface area contributed by atoms with Crippen LogP contribution in [0, 0.1) is 16.7 Å². The maximum Gasteiger partial charge on any atom is 0.311 e. The average Bonchev–Trinajstić information content (AvgIpc) is 2.73. The Hall–Kier alpha value is -1.73. The Balaban J connectivity index is 2.30. The molecule has 0 aliphatic carbocycles. The van der Waals surface area contributed by atoms with E-state index < -0.39 is 11.4 Å². The lowest BCUT2D eigenvalue weighted by Crippen LogP contribution is -2.31. The van der Waals surface area contributed by atoms with Crippen molar-refractivity contribution in [2.24, 2.45) is 5.41 Å². The van der Waals surface area contributed by atoms with Gasteiger partial charge in [-0.05, 0) is 31.5 Å². The van der Waals surface area contributed by atoms with Gasteiger partial charge >= 0.3 is 5.97 Å². The minimum absolute atomic E-state index is 0.415. The number of hydrogen-bond acceptors (Lipinski definition) is 3. The van der Waals surface area contributed by atoms with Gasteiger partial charge in [0.15, 0.2) is 0 Å². The molecule has 0 radical (unpaired) electrons. The summed E-state index contributed by atoms with van der Waals surface area (Å²) in [6, 6.07) is 7.19. The molecule has 1 atom stereocenters. The SMILES string of the molecule is CC1(C(=O)O)CCN(c2ccc(Cl)cc2C#N)C1. The van der Waals surface area contributed by atoms with Crippen LogP contribution in [0.15, 0.2) is 18.2 Å². The zero-order valence-electron chi connectivity index (χ0n) is 9.98. The molecule has 0 saturated carbocycles. The van der Waals surface area contributed by atoms with E-state index in [2.05, 4.69) is 6.07 Å². The number of nitriles is 1. The average molecular weight is 265 g/mol. The normalized spacial score (nSPS) is 22.8. The van der Waals surface area contributed by atoms with Gasteiger partial charge in [-0.25, -0.2) is 0 Å². The van der Waals surface area contributed by atoms with Crippen molar-refractivity contribution < 1.29 is 9.90 Å². The van der Waals surface area contributed by atoms with Crippen molar-refractivity contribution in [3.05, 3.63) is 28.8 Å². The monoisotopic (exact) mass is 264 g/mol. The molecule has 0 bridgehead atoms. The standard InChI is InChI=1S/C13H13ClN2O2/c1-13(12(17)18)4-5-16(8-13)11-3-2-10(14)6-9(11)7-15/h2-3,6H,4-5,8H2,1H3,(H,17,18). The molecule has 0 aromatic heterocycles. The highest BCUT2D eigenvalue weighted by Crippen LogP contribution is 2.35. The smallest absolute Gasteiger partial charge is 0.311 e. The van der Waals surface area contributed by atoms with Crippen molar-refractivity contribution >= 4 is 23.3 Å². The van der Waals surface area contributed by atoms with E-state index in [1.165, 1.54) is 0 Å². The van der Waals surface area contributed by atoms with Crippen LogP contribution >= 0.6 is 11.6 Å². The van der Waals surface area contributed by atoms with Crippen LogP contribution in [0.2, 0.25) is 5.02 Å². The molecule has 1 fully saturated rings. The molecule has 94 valence electrons. The van der Waals surface area contributed by atoms with E-state index in [1.54, 1.807) is 25.1 Å². The second-order valence-corrected chi connectivity index (χ2v) is 5.25. The summed E-state index contributed by atoms with van der Waals surface area (Å²) < 4.78 is 0. The first kappa shape index (κ1) is 12.7. The molecule has 1 N–H and O–H groups in total. The third-order valence-electron chi connectivity index (χ3n) is 3.41. The van der Waals surface area contributed by atoms with Crippen LogP contribution in [0.5, 0.6) is 0 Å². The summed E-state index contributed by atoms with van der Waals surface area (Å²) in [7, 11) is 0. The highest BCUT2D eigenvalue weighted by molar-refractivity contribution is 6.30. The van der Waals surface area contributed by atoms with E-state index in [0.717, 1.165) is 5.69 Å². The number of rotatable bonds is 2. The molecule has 1 aliphatic rings. The summed E-state index contributed by atoms with van der Waals surface area (Å²) >= 11 is 5.85. The molecule has 1 saturated heterocycles. The van der Waals surface area contributed by atoms with E-state index >= 15 is 0 Å². The van der Waals surface area contributed by atoms with E-state index in [4.69, 9.17) is 16.9 Å². The van der Waals surface area contributed by atoms with Gasteiger partial charge in [-0.15, -0.1) is 0 Å². The number of benzene rings is 1. The van der Waals surface area contributed by atoms with Crippen LogP contribution in [0.1, 0.15) is 18.9 Å². The Labute approximate surface area is 110 Å². The molecule has 5 heteroatoms. The number of carbonyl (C=O) groups is 1. The first-order valence-electron chi connectivity index (χ1n) is 5.64. The van der Waals surface area contributed by atoms with Gasteiger partial charge in [0.25, 0.3) is 0 Å². The van der Waals surface area contributed by atoms with Crippen LogP contribution in [0.3, 0.4) is 0 Å². The Morgan fingerprint density at radius 3 is 2.89 bits per heavy atom. The maximum atomic E-state index is 11.2. The number of anilines is 1. The number of carboxylic acid groups (broad SMARTS) is 1. The van der Waals surface area contributed by atoms with Crippen LogP contribution in [0.4, 0.5) is 5.69 Å². The topological polar surface area (TPSA) is 64.3 Å². The Kier molecular flexibility index (Phi) is 3.18. The Morgan fingerprint density at radius 2 is 2.33 bits per heavy atom. The molecule has 4 nitrogen and oxygen atoms in total. The van der Waals surface area contributed by atoms with Crippen molar-refractivity contribution in [3.63, 3.8) is 0 Å². The van der Waals surface area contributed by atoms with Gasteiger partial charge in [-0.2, -0.15) is 5.26 Å². The minimum atomic E-state index is -0.794. The summed E-state index contributed by atoms with van der Waals surface area (Å²) in [4.78, 5) is 13.1. The van der Waals surface area contributed by atoms with Crippen LogP contribution < -0.4 is 4.90 Å². The van der Waals surface area contributed by atoms with Crippen molar-refractivity contribution in [1.82, 2.24) is 0 Å². The predicted molar refractivity (Wildman–Crippen MR) is 68.7 cm³/mol. The van der Waals surface area contributed by atoms with Gasteiger partial charge < -0.3 is 10.0 Å². The van der Waals surface area contributed by atoms with Gasteiger partial charge in [0.2, 0.25) is 0 Å². The van der Waals surface area contributed by atoms with Gasteiger partial charge in [0.05, 0.1) is 16.7 Å². The van der Waals surface area contributed by atoms with Crippen LogP contribution in [-0.2, 0) is 4.79 Å². The van der Waals surface area contributed by atoms with Gasteiger partial charge in [0.1, 0.15) is 6.07 Å². The third kappa shape index (κ3) is 2.14. The molecule has 1 aliphatic heterocycles. The zero-order chi connectivity index (χ0) is 13.3. The fraction of sp³-hybridized carbons (Fsp3) is 0.385. The van der Waals surface area contributed by atoms with Gasteiger partial charge in [-0.1, -0.05) is 11.6 Å². The largest absolute Gasteiger partial charge is 0.481 e. The van der Waals surface area contributed by atoms with E-state index in [0.29, 0.717) is 30.1 Å². The van der Waals surface area contributed by atoms with E-state index in [-0.39, 0.29) is 0 Å². The second kappa shape index (κ2) is 4.51. The fourth-order valence-corrected chi connectivity index (χ4v) is 2.39. The maximum absolute atomic E-state index is 11.2. The Morgan fingerprint density at radius 1 is 1.61 bits per heavy atom. The molecule has 1 unspecified atom stereocenters. The molecule has 1 heterocycles. The lowest BCUT2D eigenvalue weighted by molar-refractivity contribution is -0.146. The summed E-state index contributed by atoms with van der Waals surface area (Å²) in [5.41, 5.74) is 0.496. The number of nitrogens with zero attached hydrogens (tertiary/aromatic N) is 2. The molecular formula is C13H13ClN2O2. The predicted octanol–water partition coefficient (Wildman–Crippen LogP) is 2.51.